The Kier molecular flexibility index (Phi) is 7.91. The Morgan fingerprint density at radius 1 is 0.404 bits per heavy atom. The molecule has 246 valence electrons. The van der Waals surface area contributed by atoms with Gasteiger partial charge in [0.1, 0.15) is 0 Å². The summed E-state index contributed by atoms with van der Waals surface area (Å²) in [7, 11) is 0. The first-order valence-electron chi connectivity index (χ1n) is 17.0. The Morgan fingerprint density at radius 2 is 0.942 bits per heavy atom. The monoisotopic (exact) mass is 843 g/mol. The molecule has 9 aromatic rings. The molecule has 10 rings (SSSR count). The minimum Gasteiger partial charge on any atom is -0.305 e. The first kappa shape index (κ1) is 31.9. The smallest absolute Gasteiger partial charge is 0.305 e. The molecule has 4 aromatic heterocycles. The molecule has 0 spiro atoms. The molecular formula is C47H28N4Pt. The Bertz CT molecular complexity index is 2720. The van der Waals surface area contributed by atoms with Gasteiger partial charge < -0.3 is 9.97 Å². The van der Waals surface area contributed by atoms with E-state index in [0.29, 0.717) is 0 Å². The normalized spacial score (nSPS) is 12.6. The first-order chi connectivity index (χ1) is 25.3. The minimum atomic E-state index is -0.806. The predicted molar refractivity (Wildman–Crippen MR) is 204 cm³/mol. The quantitative estimate of drug-likeness (QED) is 0.162. The molecule has 4 heterocycles. The van der Waals surface area contributed by atoms with Crippen LogP contribution in [0.4, 0.5) is 0 Å². The second-order valence-electron chi connectivity index (χ2n) is 12.8. The van der Waals surface area contributed by atoms with Gasteiger partial charge in [-0.15, -0.1) is 46.5 Å². The van der Waals surface area contributed by atoms with E-state index in [0.717, 1.165) is 77.7 Å². The van der Waals surface area contributed by atoms with Crippen molar-refractivity contribution in [3.63, 3.8) is 0 Å². The van der Waals surface area contributed by atoms with Crippen molar-refractivity contribution < 1.29 is 21.1 Å². The predicted octanol–water partition coefficient (Wildman–Crippen LogP) is 10.5. The van der Waals surface area contributed by atoms with Crippen LogP contribution in [-0.2, 0) is 26.5 Å². The topological polar surface area (TPSA) is 51.6 Å². The summed E-state index contributed by atoms with van der Waals surface area (Å²) in [5.41, 5.74) is 13.3. The third-order valence-electron chi connectivity index (χ3n) is 10.1. The summed E-state index contributed by atoms with van der Waals surface area (Å²) >= 11 is 0. The van der Waals surface area contributed by atoms with Crippen LogP contribution < -0.4 is 0 Å². The van der Waals surface area contributed by atoms with E-state index < -0.39 is 5.41 Å². The molecule has 1 aliphatic rings. The van der Waals surface area contributed by atoms with Crippen LogP contribution in [-0.4, -0.2) is 19.9 Å². The van der Waals surface area contributed by atoms with E-state index in [-0.39, 0.29) is 21.1 Å². The van der Waals surface area contributed by atoms with Crippen LogP contribution in [0.3, 0.4) is 0 Å². The Balaban J connectivity index is 0.00000360. The summed E-state index contributed by atoms with van der Waals surface area (Å²) in [6.45, 7) is 0. The average Bonchev–Trinajstić information content (AvgIpc) is 3.52. The van der Waals surface area contributed by atoms with Gasteiger partial charge >= 0.3 is 21.1 Å². The molecule has 0 unspecified atom stereocenters. The number of nitrogens with zero attached hydrogens (tertiary/aromatic N) is 4. The van der Waals surface area contributed by atoms with E-state index in [4.69, 9.17) is 19.9 Å². The molecule has 0 radical (unpaired) electrons. The van der Waals surface area contributed by atoms with Gasteiger partial charge in [0, 0.05) is 30.2 Å². The average molecular weight is 844 g/mol. The summed E-state index contributed by atoms with van der Waals surface area (Å²) in [6.07, 6.45) is 7.43. The van der Waals surface area contributed by atoms with Gasteiger partial charge in [0.25, 0.3) is 0 Å². The number of hydrogen-bond donors (Lipinski definition) is 0. The summed E-state index contributed by atoms with van der Waals surface area (Å²) < 4.78 is 0. The number of hydrogen-bond acceptors (Lipinski definition) is 4. The molecule has 1 aliphatic carbocycles. The maximum absolute atomic E-state index is 4.95. The second kappa shape index (κ2) is 12.9. The molecule has 0 bridgehead atoms. The van der Waals surface area contributed by atoms with Crippen molar-refractivity contribution in [1.82, 2.24) is 19.9 Å². The maximum atomic E-state index is 4.95. The Labute approximate surface area is 316 Å². The van der Waals surface area contributed by atoms with Crippen LogP contribution in [0, 0.1) is 12.1 Å². The molecule has 0 aliphatic heterocycles. The molecule has 52 heavy (non-hydrogen) atoms. The summed E-state index contributed by atoms with van der Waals surface area (Å²) in [5, 5.41) is 1.99. The van der Waals surface area contributed by atoms with Gasteiger partial charge in [-0.3, -0.25) is 9.97 Å². The molecule has 5 heteroatoms. The fourth-order valence-corrected chi connectivity index (χ4v) is 7.89. The number of benzene rings is 5. The van der Waals surface area contributed by atoms with E-state index >= 15 is 0 Å². The van der Waals surface area contributed by atoms with E-state index in [1.165, 1.54) is 11.1 Å². The van der Waals surface area contributed by atoms with Crippen molar-refractivity contribution in [2.24, 2.45) is 0 Å². The van der Waals surface area contributed by atoms with Crippen LogP contribution >= 0.6 is 0 Å². The molecule has 5 aromatic carbocycles. The number of pyridine rings is 4. The Morgan fingerprint density at radius 3 is 1.56 bits per heavy atom. The first-order valence-corrected chi connectivity index (χ1v) is 17.0. The standard InChI is InChI=1S/C47H28N4.Pt/c1-2-12-31(13-3-1)32-21-25-51-44(26-32)40-28-34(30-46-38(40)17-11-24-50-46)47(41-18-6-4-14-35(41)36-15-5-7-19-42(36)47)33-27-39(43-20-8-9-22-48-43)37-16-10-23-49-45(37)29-33;/h1-26,29-30H;/q-2;+2. The van der Waals surface area contributed by atoms with Crippen LogP contribution in [0.1, 0.15) is 22.3 Å². The largest absolute Gasteiger partial charge is 2.00 e. The number of fused-ring (bicyclic) bond motifs is 5. The molecular weight excluding hydrogens is 816 g/mol. The zero-order valence-electron chi connectivity index (χ0n) is 27.8. The van der Waals surface area contributed by atoms with Gasteiger partial charge in [-0.05, 0) is 67.9 Å². The van der Waals surface area contributed by atoms with Crippen LogP contribution in [0.5, 0.6) is 0 Å². The van der Waals surface area contributed by atoms with E-state index in [1.807, 2.05) is 61.2 Å². The molecule has 0 atom stereocenters. The van der Waals surface area contributed by atoms with Crippen LogP contribution in [0.2, 0.25) is 0 Å². The van der Waals surface area contributed by atoms with Gasteiger partial charge in [0.15, 0.2) is 0 Å². The van der Waals surface area contributed by atoms with Crippen molar-refractivity contribution in [3.05, 3.63) is 205 Å². The summed E-state index contributed by atoms with van der Waals surface area (Å²) in [4.78, 5) is 19.6. The van der Waals surface area contributed by atoms with E-state index in [1.54, 1.807) is 0 Å². The number of rotatable bonds is 5. The third-order valence-corrected chi connectivity index (χ3v) is 10.1. The van der Waals surface area contributed by atoms with Crippen molar-refractivity contribution in [2.75, 3.05) is 0 Å². The minimum absolute atomic E-state index is 0. The summed E-state index contributed by atoms with van der Waals surface area (Å²) in [5.74, 6) is 0. The maximum Gasteiger partial charge on any atom is 2.00 e. The molecule has 0 amide bonds. The van der Waals surface area contributed by atoms with Gasteiger partial charge in [0.2, 0.25) is 0 Å². The van der Waals surface area contributed by atoms with E-state index in [2.05, 4.69) is 121 Å². The fraction of sp³-hybridized carbons (Fsp3) is 0.0213. The zero-order valence-corrected chi connectivity index (χ0v) is 30.0. The van der Waals surface area contributed by atoms with Gasteiger partial charge in [-0.25, -0.2) is 0 Å². The Hall–Kier alpha value is -6.09. The van der Waals surface area contributed by atoms with E-state index in [9.17, 15) is 0 Å². The second-order valence-corrected chi connectivity index (χ2v) is 12.8. The third kappa shape index (κ3) is 4.94. The van der Waals surface area contributed by atoms with Gasteiger partial charge in [0.05, 0.1) is 0 Å². The number of aromatic nitrogens is 4. The van der Waals surface area contributed by atoms with Crippen molar-refractivity contribution in [3.8, 4) is 44.8 Å². The summed E-state index contributed by atoms with van der Waals surface area (Å²) in [6, 6.07) is 58.6. The fourth-order valence-electron chi connectivity index (χ4n) is 7.89. The van der Waals surface area contributed by atoms with Gasteiger partial charge in [-0.2, -0.15) is 0 Å². The molecule has 0 N–H and O–H groups in total. The van der Waals surface area contributed by atoms with Crippen LogP contribution in [0.25, 0.3) is 66.6 Å². The zero-order chi connectivity index (χ0) is 33.8. The molecule has 0 fully saturated rings. The van der Waals surface area contributed by atoms with Crippen molar-refractivity contribution in [1.29, 1.82) is 0 Å². The molecule has 0 saturated carbocycles. The van der Waals surface area contributed by atoms with Crippen molar-refractivity contribution >= 4 is 21.8 Å². The van der Waals surface area contributed by atoms with Crippen molar-refractivity contribution in [2.45, 2.75) is 5.41 Å². The molecule has 0 saturated heterocycles. The molecule has 4 nitrogen and oxygen atoms in total. The van der Waals surface area contributed by atoms with Gasteiger partial charge in [-0.1, -0.05) is 132 Å². The SMILES string of the molecule is [Pt+2].[c-]1c(C2(c3[c-]c(-c4cc(-c5ccccc5)ccn4)c4cccnc4c3)c3ccccc3-c3ccccc32)cc2ncccc2c1-c1ccccn1. The van der Waals surface area contributed by atoms with Crippen LogP contribution in [0.15, 0.2) is 170 Å².